The van der Waals surface area contributed by atoms with Crippen molar-refractivity contribution in [1.82, 2.24) is 0 Å². The summed E-state index contributed by atoms with van der Waals surface area (Å²) < 4.78 is 15.3. The van der Waals surface area contributed by atoms with Crippen LogP contribution in [0.4, 0.5) is 0 Å². The van der Waals surface area contributed by atoms with Crippen LogP contribution in [0.15, 0.2) is 48.5 Å². The number of benzene rings is 2. The van der Waals surface area contributed by atoms with Gasteiger partial charge in [0.15, 0.2) is 0 Å². The molecule has 2 aromatic carbocycles. The number of hydrogen-bond acceptors (Lipinski definition) is 4. The van der Waals surface area contributed by atoms with Gasteiger partial charge in [-0.1, -0.05) is 0 Å². The van der Waals surface area contributed by atoms with Crippen LogP contribution in [-0.2, 0) is 29.4 Å². The Morgan fingerprint density at radius 1 is 0.788 bits per heavy atom. The summed E-state index contributed by atoms with van der Waals surface area (Å²) in [5.41, 5.74) is 2.68. The van der Waals surface area contributed by atoms with Crippen molar-refractivity contribution < 1.29 is 14.2 Å². The Bertz CT molecular complexity index is 771. The second-order valence-corrected chi connectivity index (χ2v) is 21.9. The molecule has 0 aliphatic rings. The van der Waals surface area contributed by atoms with E-state index in [1.54, 1.807) is 14.2 Å². The van der Waals surface area contributed by atoms with E-state index in [0.717, 1.165) is 43.3 Å². The van der Waals surface area contributed by atoms with Gasteiger partial charge >= 0.3 is 213 Å². The van der Waals surface area contributed by atoms with E-state index < -0.39 is 4.73 Å². The van der Waals surface area contributed by atoms with E-state index in [0.29, 0.717) is 19.5 Å². The number of aryl methyl sites for hydroxylation is 2. The maximum absolute atomic E-state index is 6.42. The van der Waals surface area contributed by atoms with Crippen molar-refractivity contribution in [3.8, 4) is 11.5 Å². The predicted molar refractivity (Wildman–Crippen MR) is 147 cm³/mol. The van der Waals surface area contributed by atoms with Crippen molar-refractivity contribution in [3.63, 3.8) is 0 Å². The molecule has 0 amide bonds. The summed E-state index contributed by atoms with van der Waals surface area (Å²) in [6.45, 7) is 5.37. The quantitative estimate of drug-likeness (QED) is 0.120. The van der Waals surface area contributed by atoms with Gasteiger partial charge in [-0.25, -0.2) is 0 Å². The molecular formula is C27H41O3PSSe. The van der Waals surface area contributed by atoms with Crippen LogP contribution in [-0.4, -0.2) is 52.7 Å². The van der Waals surface area contributed by atoms with E-state index in [1.165, 1.54) is 43.2 Å². The Hall–Kier alpha value is -0.831. The number of rotatable bonds is 17. The molecule has 6 heteroatoms. The average Bonchev–Trinajstić information content (AvgIpc) is 2.84. The molecule has 1 atom stereocenters. The average molecular weight is 556 g/mol. The Balaban J connectivity index is 1.94. The van der Waals surface area contributed by atoms with Gasteiger partial charge in [0, 0.05) is 0 Å². The molecule has 2 aromatic rings. The van der Waals surface area contributed by atoms with Gasteiger partial charge in [0.1, 0.15) is 0 Å². The van der Waals surface area contributed by atoms with Gasteiger partial charge < -0.3 is 0 Å². The molecule has 184 valence electrons. The molecular weight excluding hydrogens is 514 g/mol. The zero-order valence-electron chi connectivity index (χ0n) is 20.8. The summed E-state index contributed by atoms with van der Waals surface area (Å²) in [7, 11) is 3.42. The topological polar surface area (TPSA) is 27.7 Å². The van der Waals surface area contributed by atoms with Crippen molar-refractivity contribution in [2.45, 2.75) is 63.8 Å². The summed E-state index contributed by atoms with van der Waals surface area (Å²) in [6, 6.07) is 16.9. The second kappa shape index (κ2) is 16.0. The fraction of sp³-hybridized carbons (Fsp3) is 0.556. The first-order chi connectivity index (χ1) is 16.0. The second-order valence-electron chi connectivity index (χ2n) is 8.42. The Morgan fingerprint density at radius 3 is 1.73 bits per heavy atom. The number of ether oxygens (including phenoxy) is 3. The number of hydrogen-bond donors (Lipinski definition) is 0. The van der Waals surface area contributed by atoms with Gasteiger partial charge in [-0.05, 0) is 0 Å². The van der Waals surface area contributed by atoms with Crippen LogP contribution in [0.25, 0.3) is 0 Å². The molecule has 1 unspecified atom stereocenters. The monoisotopic (exact) mass is 556 g/mol. The Labute approximate surface area is 212 Å². The van der Waals surface area contributed by atoms with Crippen LogP contribution in [0, 0.1) is 0 Å². The molecule has 0 aliphatic heterocycles. The molecule has 0 aromatic heterocycles. The summed E-state index contributed by atoms with van der Waals surface area (Å²) in [5, 5.41) is 0.293. The van der Waals surface area contributed by atoms with Crippen LogP contribution in [0.1, 0.15) is 57.1 Å². The molecule has 0 N–H and O–H groups in total. The Kier molecular flexibility index (Phi) is 13.7. The molecule has 3 nitrogen and oxygen atoms in total. The normalized spacial score (nSPS) is 12.5. The summed E-state index contributed by atoms with van der Waals surface area (Å²) >= 11 is 6.76. The van der Waals surface area contributed by atoms with Gasteiger partial charge in [0.2, 0.25) is 0 Å². The molecule has 0 radical (unpaired) electrons. The van der Waals surface area contributed by atoms with Crippen LogP contribution in [0.2, 0.25) is 0 Å². The zero-order chi connectivity index (χ0) is 23.9. The van der Waals surface area contributed by atoms with Crippen molar-refractivity contribution in [1.29, 1.82) is 0 Å². The van der Waals surface area contributed by atoms with Gasteiger partial charge in [-0.2, -0.15) is 0 Å². The summed E-state index contributed by atoms with van der Waals surface area (Å²) in [4.78, 5) is 0. The van der Waals surface area contributed by atoms with Crippen LogP contribution in [0.3, 0.4) is 0 Å². The maximum atomic E-state index is 6.42. The first kappa shape index (κ1) is 28.4. The third kappa shape index (κ3) is 11.4. The first-order valence-electron chi connectivity index (χ1n) is 12.1. The van der Waals surface area contributed by atoms with Crippen LogP contribution in [0.5, 0.6) is 11.5 Å². The standard InChI is InChI=1S/C27H41O3PSSe/c1-5-6-7-8-9-20-30-23(2)33-31(32,21-18-24-10-14-26(28-3)15-11-24)22-19-25-12-16-27(29-4)17-13-25/h10-17,23H,5-9,18-22H2,1-4H3. The van der Waals surface area contributed by atoms with Gasteiger partial charge in [0.25, 0.3) is 0 Å². The van der Waals surface area contributed by atoms with Crippen molar-refractivity contribution in [3.05, 3.63) is 59.7 Å². The summed E-state index contributed by atoms with van der Waals surface area (Å²) in [5.74, 6) is 1.81. The van der Waals surface area contributed by atoms with E-state index in [1.807, 2.05) is 24.3 Å². The van der Waals surface area contributed by atoms with E-state index in [4.69, 9.17) is 26.0 Å². The fourth-order valence-electron chi connectivity index (χ4n) is 3.66. The van der Waals surface area contributed by atoms with Gasteiger partial charge in [-0.15, -0.1) is 0 Å². The number of unbranched alkanes of at least 4 members (excludes halogenated alkanes) is 4. The SMILES string of the molecule is CCCCCCCOC(C)[Se]P(=S)(CCc1ccc(OC)cc1)CCc1ccc(OC)cc1. The van der Waals surface area contributed by atoms with E-state index in [9.17, 15) is 0 Å². The molecule has 0 fully saturated rings. The third-order valence-corrected chi connectivity index (χ3v) is 17.5. The molecule has 0 saturated heterocycles. The Morgan fingerprint density at radius 2 is 1.27 bits per heavy atom. The van der Waals surface area contributed by atoms with Gasteiger partial charge in [-0.3, -0.25) is 0 Å². The van der Waals surface area contributed by atoms with E-state index >= 15 is 0 Å². The number of methoxy groups -OCH3 is 2. The first-order valence-corrected chi connectivity index (χ1v) is 18.5. The van der Waals surface area contributed by atoms with E-state index in [-0.39, 0.29) is 0 Å². The van der Waals surface area contributed by atoms with E-state index in [2.05, 4.69) is 38.1 Å². The molecule has 0 heterocycles. The van der Waals surface area contributed by atoms with Crippen molar-refractivity contribution in [2.24, 2.45) is 0 Å². The van der Waals surface area contributed by atoms with Crippen LogP contribution >= 0.6 is 4.73 Å². The van der Waals surface area contributed by atoms with Gasteiger partial charge in [0.05, 0.1) is 0 Å². The molecule has 0 bridgehead atoms. The molecule has 0 aliphatic carbocycles. The summed E-state index contributed by atoms with van der Waals surface area (Å²) in [6.07, 6.45) is 10.7. The molecule has 2 rings (SSSR count). The fourth-order valence-corrected chi connectivity index (χ4v) is 14.8. The molecule has 0 saturated carbocycles. The zero-order valence-corrected chi connectivity index (χ0v) is 24.2. The minimum atomic E-state index is -1.50. The minimum absolute atomic E-state index is 0.293. The van der Waals surface area contributed by atoms with Crippen molar-refractivity contribution in [2.75, 3.05) is 33.2 Å². The van der Waals surface area contributed by atoms with Crippen molar-refractivity contribution >= 4 is 31.0 Å². The third-order valence-electron chi connectivity index (χ3n) is 5.74. The predicted octanol–water partition coefficient (Wildman–Crippen LogP) is 6.92. The van der Waals surface area contributed by atoms with Crippen LogP contribution < -0.4 is 9.47 Å². The molecule has 0 spiro atoms. The molecule has 33 heavy (non-hydrogen) atoms.